The molecule has 0 saturated carbocycles. The lowest BCUT2D eigenvalue weighted by Gasteiger charge is -2.29. The lowest BCUT2D eigenvalue weighted by molar-refractivity contribution is -0.528. The van der Waals surface area contributed by atoms with E-state index >= 15 is 0 Å². The number of hydrogen-bond donors (Lipinski definition) is 7. The third kappa shape index (κ3) is 13.8. The van der Waals surface area contributed by atoms with Crippen LogP contribution in [-0.2, 0) is 25.8 Å². The van der Waals surface area contributed by atoms with Gasteiger partial charge in [-0.3, -0.25) is 30.4 Å². The molecular weight excluding hydrogens is 743 g/mol. The molecule has 1 aromatic heterocycles. The molecule has 0 saturated heterocycles. The zero-order valence-electron chi connectivity index (χ0n) is 32.5. The Morgan fingerprint density at radius 2 is 1.49 bits per heavy atom. The first-order valence-corrected chi connectivity index (χ1v) is 18.7. The van der Waals surface area contributed by atoms with Crippen LogP contribution in [0.4, 0.5) is 10.1 Å². The summed E-state index contributed by atoms with van der Waals surface area (Å²) in [5.74, 6) is -1.60. The molecule has 0 aliphatic rings. The highest BCUT2D eigenvalue weighted by Gasteiger charge is 2.31. The predicted octanol–water partition coefficient (Wildman–Crippen LogP) is 6.97. The second-order valence-electron chi connectivity index (χ2n) is 14.9. The van der Waals surface area contributed by atoms with Crippen molar-refractivity contribution in [1.29, 1.82) is 0 Å². The molecule has 3 atom stereocenters. The molecule has 310 valence electrons. The molecule has 0 aliphatic heterocycles. The molecule has 16 heteroatoms. The normalized spacial score (nSPS) is 13.6. The van der Waals surface area contributed by atoms with E-state index in [4.69, 9.17) is 30.4 Å². The van der Waals surface area contributed by atoms with Gasteiger partial charge in [-0.05, 0) is 84.5 Å². The minimum absolute atomic E-state index is 0.0511. The molecule has 7 N–H and O–H groups in total. The average molecular weight is 797 g/mol. The Kier molecular flexibility index (Phi) is 16.8. The minimum Gasteiger partial charge on any atom is -0.466 e. The van der Waals surface area contributed by atoms with Crippen molar-refractivity contribution in [2.45, 2.75) is 90.6 Å². The number of carbonyl (C=O) groups excluding carboxylic acids is 2. The van der Waals surface area contributed by atoms with Gasteiger partial charge in [0.15, 0.2) is 0 Å². The summed E-state index contributed by atoms with van der Waals surface area (Å²) in [6.45, 7) is 7.25. The minimum atomic E-state index is -1.23. The van der Waals surface area contributed by atoms with Crippen molar-refractivity contribution in [3.05, 3.63) is 102 Å². The summed E-state index contributed by atoms with van der Waals surface area (Å²) in [5.41, 5.74) is 3.92. The maximum Gasteiger partial charge on any atom is 0.308 e. The summed E-state index contributed by atoms with van der Waals surface area (Å²) in [4.78, 5) is 36.2. The van der Waals surface area contributed by atoms with Crippen molar-refractivity contribution in [2.24, 2.45) is 5.41 Å². The molecule has 3 unspecified atom stereocenters. The fourth-order valence-electron chi connectivity index (χ4n) is 6.82. The van der Waals surface area contributed by atoms with Crippen LogP contribution in [0.3, 0.4) is 0 Å². The zero-order valence-corrected chi connectivity index (χ0v) is 32.5. The van der Waals surface area contributed by atoms with Gasteiger partial charge in [0.05, 0.1) is 47.3 Å². The highest BCUT2D eigenvalue weighted by molar-refractivity contribution is 6.12. The third-order valence-electron chi connectivity index (χ3n) is 9.36. The molecule has 1 heterocycles. The number of ether oxygens (including phenoxy) is 1. The van der Waals surface area contributed by atoms with Gasteiger partial charge >= 0.3 is 5.97 Å². The predicted molar refractivity (Wildman–Crippen MR) is 205 cm³/mol. The van der Waals surface area contributed by atoms with Crippen LogP contribution < -0.4 is 5.32 Å². The number of aliphatic hydroxyl groups excluding tert-OH is 2. The first kappa shape index (κ1) is 45.1. The molecule has 0 bridgehead atoms. The molecule has 0 spiro atoms. The molecular formula is C41H53FN4O11. The van der Waals surface area contributed by atoms with Crippen LogP contribution in [-0.4, -0.2) is 89.8 Å². The second kappa shape index (κ2) is 21.2. The number of para-hydroxylation sites is 1. The van der Waals surface area contributed by atoms with E-state index in [1.807, 2.05) is 66.9 Å². The number of carbonyl (C=O) groups is 2. The monoisotopic (exact) mass is 796 g/mol. The quantitative estimate of drug-likeness (QED) is 0.0317. The number of benzene rings is 3. The second-order valence-corrected chi connectivity index (χ2v) is 14.9. The van der Waals surface area contributed by atoms with Crippen molar-refractivity contribution in [1.82, 2.24) is 15.3 Å². The fourth-order valence-corrected chi connectivity index (χ4v) is 6.82. The lowest BCUT2D eigenvalue weighted by Crippen LogP contribution is -2.35. The van der Waals surface area contributed by atoms with Crippen LogP contribution in [0.2, 0.25) is 0 Å². The van der Waals surface area contributed by atoms with Crippen LogP contribution >= 0.6 is 0 Å². The lowest BCUT2D eigenvalue weighted by atomic mass is 9.84. The van der Waals surface area contributed by atoms with Crippen LogP contribution in [0.1, 0.15) is 81.8 Å². The maximum absolute atomic E-state index is 14.3. The van der Waals surface area contributed by atoms with Gasteiger partial charge in [0.1, 0.15) is 18.5 Å². The molecule has 4 aromatic rings. The Morgan fingerprint density at radius 1 is 0.860 bits per heavy atom. The summed E-state index contributed by atoms with van der Waals surface area (Å²) in [6, 6.07) is 24.6. The highest BCUT2D eigenvalue weighted by Crippen LogP contribution is 2.43. The summed E-state index contributed by atoms with van der Waals surface area (Å²) in [6.07, 6.45) is -3.26. The van der Waals surface area contributed by atoms with Crippen molar-refractivity contribution in [3.63, 3.8) is 0 Å². The number of anilines is 1. The fraction of sp³-hybridized carbons (Fsp3) is 0.415. The highest BCUT2D eigenvalue weighted by atomic mass is 19.1. The van der Waals surface area contributed by atoms with E-state index < -0.39 is 52.9 Å². The number of rotatable bonds is 22. The van der Waals surface area contributed by atoms with Gasteiger partial charge in [0, 0.05) is 23.5 Å². The number of esters is 1. The van der Waals surface area contributed by atoms with E-state index in [1.165, 1.54) is 12.1 Å². The Balaban J connectivity index is 1.49. The van der Waals surface area contributed by atoms with E-state index in [0.29, 0.717) is 33.8 Å². The number of aliphatic hydroxyl groups is 2. The standard InChI is InChI=1S/C41H53FN4O11/c1-27(2)38-37(40(50)43-31-13-9-6-10-14-31)36(28-11-7-5-8-12-28)39(29-15-17-30(42)18-16-29)44(38)21-19-32(47)23-33(48)24-35(49)55-22-20-41(3,4)25-34(57-46(53)54)26-56-45(51)52/h5-18,27,32-34,47-48,51-54H,19-26H2,1-4H3,(H,43,50). The third-order valence-corrected chi connectivity index (χ3v) is 9.36. The van der Waals surface area contributed by atoms with Gasteiger partial charge in [-0.1, -0.05) is 76.2 Å². The molecule has 0 aliphatic carbocycles. The first-order valence-electron chi connectivity index (χ1n) is 18.7. The van der Waals surface area contributed by atoms with Crippen molar-refractivity contribution >= 4 is 17.6 Å². The van der Waals surface area contributed by atoms with Gasteiger partial charge in [0.25, 0.3) is 5.91 Å². The summed E-state index contributed by atoms with van der Waals surface area (Å²) >= 11 is 0. The van der Waals surface area contributed by atoms with E-state index in [2.05, 4.69) is 10.2 Å². The van der Waals surface area contributed by atoms with E-state index in [1.54, 1.807) is 38.1 Å². The van der Waals surface area contributed by atoms with Crippen molar-refractivity contribution in [2.75, 3.05) is 18.5 Å². The maximum atomic E-state index is 14.3. The molecule has 15 nitrogen and oxygen atoms in total. The Labute approximate surface area is 330 Å². The number of hydrogen-bond acceptors (Lipinski definition) is 13. The van der Waals surface area contributed by atoms with Gasteiger partial charge < -0.3 is 24.8 Å². The van der Waals surface area contributed by atoms with E-state index in [-0.39, 0.29) is 57.1 Å². The van der Waals surface area contributed by atoms with Gasteiger partial charge in [-0.15, -0.1) is 0 Å². The molecule has 0 fully saturated rings. The van der Waals surface area contributed by atoms with E-state index in [0.717, 1.165) is 5.56 Å². The molecule has 0 radical (unpaired) electrons. The average Bonchev–Trinajstić information content (AvgIpc) is 3.49. The molecule has 3 aromatic carbocycles. The summed E-state index contributed by atoms with van der Waals surface area (Å²) < 4.78 is 21.5. The first-order chi connectivity index (χ1) is 27.0. The van der Waals surface area contributed by atoms with Crippen LogP contribution in [0.25, 0.3) is 22.4 Å². The van der Waals surface area contributed by atoms with Crippen LogP contribution in [0.5, 0.6) is 0 Å². The van der Waals surface area contributed by atoms with Crippen LogP contribution in [0, 0.1) is 11.2 Å². The smallest absolute Gasteiger partial charge is 0.308 e. The Hall–Kier alpha value is -4.59. The van der Waals surface area contributed by atoms with Crippen molar-refractivity contribution < 1.29 is 59.4 Å². The number of amides is 1. The summed E-state index contributed by atoms with van der Waals surface area (Å²) in [5, 5.41) is 59.6. The Bertz CT molecular complexity index is 1860. The van der Waals surface area contributed by atoms with Gasteiger partial charge in [0.2, 0.25) is 0 Å². The molecule has 57 heavy (non-hydrogen) atoms. The van der Waals surface area contributed by atoms with Gasteiger partial charge in [-0.25, -0.2) is 14.1 Å². The number of aromatic nitrogens is 1. The zero-order chi connectivity index (χ0) is 41.7. The number of nitrogens with one attached hydrogen (secondary N) is 1. The SMILES string of the molecule is CC(C)c1c(C(=O)Nc2ccccc2)c(-c2ccccc2)c(-c2ccc(F)cc2)n1CCC(O)CC(O)CC(=O)OCCC(C)(C)CC(CON(O)O)ON(O)O. The van der Waals surface area contributed by atoms with Crippen LogP contribution in [0.15, 0.2) is 84.9 Å². The van der Waals surface area contributed by atoms with Crippen molar-refractivity contribution in [3.8, 4) is 22.4 Å². The largest absolute Gasteiger partial charge is 0.466 e. The van der Waals surface area contributed by atoms with Gasteiger partial charge in [-0.2, -0.15) is 0 Å². The number of halogens is 1. The molecule has 4 rings (SSSR count). The molecule has 1 amide bonds. The van der Waals surface area contributed by atoms with E-state index in [9.17, 15) is 24.2 Å². The topological polar surface area (TPSA) is 207 Å². The summed E-state index contributed by atoms with van der Waals surface area (Å²) in [7, 11) is 0. The Morgan fingerprint density at radius 3 is 2.09 bits per heavy atom. The number of nitrogens with zero attached hydrogens (tertiary/aromatic N) is 3.